The molecular formula is C23H32N2O2. The number of benzene rings is 1. The van der Waals surface area contributed by atoms with Crippen LogP contribution in [0.5, 0.6) is 5.75 Å². The molecule has 1 saturated carbocycles. The second-order valence-electron chi connectivity index (χ2n) is 8.37. The zero-order valence-electron chi connectivity index (χ0n) is 16.2. The van der Waals surface area contributed by atoms with E-state index >= 15 is 0 Å². The number of nitrogens with one attached hydrogen (secondary N) is 2. The van der Waals surface area contributed by atoms with E-state index in [2.05, 4.69) is 41.0 Å². The first kappa shape index (κ1) is 18.5. The number of amides is 1. The highest BCUT2D eigenvalue weighted by Crippen LogP contribution is 2.32. The molecule has 27 heavy (non-hydrogen) atoms. The van der Waals surface area contributed by atoms with Crippen molar-refractivity contribution >= 4 is 11.5 Å². The largest absolute Gasteiger partial charge is 0.493 e. The molecule has 0 aromatic heterocycles. The number of carbonyl (C=O) groups is 1. The number of rotatable bonds is 6. The monoisotopic (exact) mass is 368 g/mol. The number of hydrogen-bond donors (Lipinski definition) is 2. The molecule has 2 N–H and O–H groups in total. The first-order valence-electron chi connectivity index (χ1n) is 10.7. The summed E-state index contributed by atoms with van der Waals surface area (Å²) >= 11 is 0. The van der Waals surface area contributed by atoms with Crippen LogP contribution in [0.15, 0.2) is 30.3 Å². The van der Waals surface area contributed by atoms with Gasteiger partial charge < -0.3 is 15.4 Å². The molecule has 1 unspecified atom stereocenters. The minimum Gasteiger partial charge on any atom is -0.493 e. The molecule has 3 aliphatic rings. The molecule has 4 nitrogen and oxygen atoms in total. The molecule has 1 aromatic rings. The summed E-state index contributed by atoms with van der Waals surface area (Å²) in [6.45, 7) is 3.04. The molecule has 2 fully saturated rings. The maximum atomic E-state index is 12.3. The lowest BCUT2D eigenvalue weighted by molar-refractivity contribution is -0.126. The van der Waals surface area contributed by atoms with E-state index in [9.17, 15) is 4.79 Å². The van der Waals surface area contributed by atoms with Gasteiger partial charge in [0, 0.05) is 12.0 Å². The lowest BCUT2D eigenvalue weighted by atomic mass is 9.85. The summed E-state index contributed by atoms with van der Waals surface area (Å²) in [6.07, 6.45) is 11.1. The van der Waals surface area contributed by atoms with Crippen LogP contribution in [0.2, 0.25) is 0 Å². The van der Waals surface area contributed by atoms with Gasteiger partial charge in [0.05, 0.1) is 6.61 Å². The van der Waals surface area contributed by atoms with Crippen LogP contribution in [0.4, 0.5) is 0 Å². The predicted octanol–water partition coefficient (Wildman–Crippen LogP) is 3.92. The van der Waals surface area contributed by atoms with Gasteiger partial charge in [0.15, 0.2) is 0 Å². The fourth-order valence-electron chi connectivity index (χ4n) is 4.23. The summed E-state index contributed by atoms with van der Waals surface area (Å²) in [6, 6.07) is 8.95. The van der Waals surface area contributed by atoms with Gasteiger partial charge in [-0.3, -0.25) is 4.79 Å². The molecule has 1 aromatic carbocycles. The van der Waals surface area contributed by atoms with Crippen LogP contribution in [0.1, 0.15) is 56.9 Å². The van der Waals surface area contributed by atoms with Crippen molar-refractivity contribution < 1.29 is 9.53 Å². The van der Waals surface area contributed by atoms with Gasteiger partial charge in [0.2, 0.25) is 5.91 Å². The van der Waals surface area contributed by atoms with E-state index in [0.29, 0.717) is 12.0 Å². The zero-order valence-corrected chi connectivity index (χ0v) is 16.2. The van der Waals surface area contributed by atoms with Crippen LogP contribution < -0.4 is 15.4 Å². The maximum Gasteiger partial charge on any atom is 0.223 e. The van der Waals surface area contributed by atoms with Crippen molar-refractivity contribution in [3.8, 4) is 5.75 Å². The van der Waals surface area contributed by atoms with Crippen molar-refractivity contribution in [2.24, 2.45) is 11.8 Å². The maximum absolute atomic E-state index is 12.3. The van der Waals surface area contributed by atoms with Crippen LogP contribution >= 0.6 is 0 Å². The van der Waals surface area contributed by atoms with Gasteiger partial charge in [-0.15, -0.1) is 0 Å². The predicted molar refractivity (Wildman–Crippen MR) is 109 cm³/mol. The second-order valence-corrected chi connectivity index (χ2v) is 8.37. The Morgan fingerprint density at radius 2 is 1.85 bits per heavy atom. The Morgan fingerprint density at radius 3 is 2.48 bits per heavy atom. The third-order valence-corrected chi connectivity index (χ3v) is 6.40. The van der Waals surface area contributed by atoms with Crippen molar-refractivity contribution in [1.82, 2.24) is 10.6 Å². The fourth-order valence-corrected chi connectivity index (χ4v) is 4.23. The Morgan fingerprint density at radius 1 is 1.07 bits per heavy atom. The van der Waals surface area contributed by atoms with E-state index in [1.165, 1.54) is 30.4 Å². The van der Waals surface area contributed by atoms with Gasteiger partial charge in [0.1, 0.15) is 5.75 Å². The quantitative estimate of drug-likeness (QED) is 0.800. The smallest absolute Gasteiger partial charge is 0.223 e. The van der Waals surface area contributed by atoms with Crippen LogP contribution in [-0.4, -0.2) is 31.6 Å². The highest BCUT2D eigenvalue weighted by Gasteiger charge is 2.26. The summed E-state index contributed by atoms with van der Waals surface area (Å²) in [5, 5.41) is 6.60. The number of hydrogen-bond acceptors (Lipinski definition) is 3. The standard InChI is InChI=1S/C23H32N2O2/c26-23(25-21-2-1-3-21)20-6-4-18(5-7-20)19-8-10-22(11-9-19)27-16-17-12-14-24-15-13-17/h4,8-11,17,20-21,24H,1-3,5-7,12-16H2,(H,25,26). The van der Waals surface area contributed by atoms with Crippen molar-refractivity contribution in [3.05, 3.63) is 35.9 Å². The summed E-state index contributed by atoms with van der Waals surface area (Å²) in [5.74, 6) is 2.06. The van der Waals surface area contributed by atoms with Gasteiger partial charge in [0.25, 0.3) is 0 Å². The molecule has 1 atom stereocenters. The highest BCUT2D eigenvalue weighted by molar-refractivity contribution is 5.81. The van der Waals surface area contributed by atoms with E-state index in [0.717, 1.165) is 57.6 Å². The normalized spacial score (nSPS) is 24.0. The average Bonchev–Trinajstić information content (AvgIpc) is 2.70. The molecule has 4 heteroatoms. The molecule has 1 heterocycles. The van der Waals surface area contributed by atoms with E-state index in [-0.39, 0.29) is 11.8 Å². The summed E-state index contributed by atoms with van der Waals surface area (Å²) in [4.78, 5) is 12.3. The van der Waals surface area contributed by atoms with E-state index in [4.69, 9.17) is 4.74 Å². The van der Waals surface area contributed by atoms with Crippen LogP contribution in [0.3, 0.4) is 0 Å². The number of piperidine rings is 1. The Balaban J connectivity index is 1.26. The van der Waals surface area contributed by atoms with Crippen molar-refractivity contribution in [2.45, 2.75) is 57.4 Å². The van der Waals surface area contributed by atoms with Gasteiger partial charge in [-0.1, -0.05) is 18.2 Å². The van der Waals surface area contributed by atoms with Gasteiger partial charge in [-0.2, -0.15) is 0 Å². The molecule has 1 aliphatic heterocycles. The molecule has 0 spiro atoms. The van der Waals surface area contributed by atoms with Crippen LogP contribution in [0, 0.1) is 11.8 Å². The molecule has 0 radical (unpaired) electrons. The molecule has 2 aliphatic carbocycles. The molecule has 1 amide bonds. The first-order chi connectivity index (χ1) is 13.3. The summed E-state index contributed by atoms with van der Waals surface area (Å²) < 4.78 is 5.99. The SMILES string of the molecule is O=C(NC1CCC1)C1CC=C(c2ccc(OCC3CCNCC3)cc2)CC1. The van der Waals surface area contributed by atoms with Gasteiger partial charge >= 0.3 is 0 Å². The van der Waals surface area contributed by atoms with E-state index < -0.39 is 0 Å². The van der Waals surface area contributed by atoms with Crippen molar-refractivity contribution in [2.75, 3.05) is 19.7 Å². The van der Waals surface area contributed by atoms with E-state index in [1.54, 1.807) is 0 Å². The Bertz CT molecular complexity index is 657. The third-order valence-electron chi connectivity index (χ3n) is 6.40. The molecule has 146 valence electrons. The summed E-state index contributed by atoms with van der Waals surface area (Å²) in [5.41, 5.74) is 2.63. The first-order valence-corrected chi connectivity index (χ1v) is 10.7. The van der Waals surface area contributed by atoms with E-state index in [1.807, 2.05) is 0 Å². The molecule has 1 saturated heterocycles. The average molecular weight is 369 g/mol. The van der Waals surface area contributed by atoms with Crippen LogP contribution in [0.25, 0.3) is 5.57 Å². The van der Waals surface area contributed by atoms with Gasteiger partial charge in [-0.05, 0) is 93.6 Å². The second kappa shape index (κ2) is 8.92. The number of carbonyl (C=O) groups excluding carboxylic acids is 1. The Hall–Kier alpha value is -1.81. The lowest BCUT2D eigenvalue weighted by Gasteiger charge is -2.29. The molecule has 0 bridgehead atoms. The van der Waals surface area contributed by atoms with Crippen molar-refractivity contribution in [1.29, 1.82) is 0 Å². The zero-order chi connectivity index (χ0) is 18.5. The fraction of sp³-hybridized carbons (Fsp3) is 0.609. The molecule has 4 rings (SSSR count). The van der Waals surface area contributed by atoms with Crippen LogP contribution in [-0.2, 0) is 4.79 Å². The third kappa shape index (κ3) is 4.92. The lowest BCUT2D eigenvalue weighted by Crippen LogP contribution is -2.42. The minimum absolute atomic E-state index is 0.155. The minimum atomic E-state index is 0.155. The topological polar surface area (TPSA) is 50.4 Å². The number of ether oxygens (including phenoxy) is 1. The molecular weight excluding hydrogens is 336 g/mol. The summed E-state index contributed by atoms with van der Waals surface area (Å²) in [7, 11) is 0. The number of allylic oxidation sites excluding steroid dienone is 2. The van der Waals surface area contributed by atoms with Crippen molar-refractivity contribution in [3.63, 3.8) is 0 Å². The highest BCUT2D eigenvalue weighted by atomic mass is 16.5. The van der Waals surface area contributed by atoms with Gasteiger partial charge in [-0.25, -0.2) is 0 Å². The Kier molecular flexibility index (Phi) is 6.13. The Labute approximate surface area is 162 Å².